The van der Waals surface area contributed by atoms with Crippen molar-refractivity contribution in [1.29, 1.82) is 5.41 Å². The summed E-state index contributed by atoms with van der Waals surface area (Å²) in [6.07, 6.45) is 0. The second-order valence-corrected chi connectivity index (χ2v) is 5.17. The lowest BCUT2D eigenvalue weighted by molar-refractivity contribution is 1.38. The predicted octanol–water partition coefficient (Wildman–Crippen LogP) is 3.88. The van der Waals surface area contributed by atoms with Crippen LogP contribution in [0.5, 0.6) is 0 Å². The lowest BCUT2D eigenvalue weighted by Crippen LogP contribution is -2.17. The summed E-state index contributed by atoms with van der Waals surface area (Å²) in [5.41, 5.74) is 8.85. The van der Waals surface area contributed by atoms with Crippen LogP contribution >= 0.6 is 0 Å². The van der Waals surface area contributed by atoms with E-state index in [1.165, 1.54) is 5.39 Å². The monoisotopic (exact) mass is 287 g/mol. The molecule has 0 heterocycles. The van der Waals surface area contributed by atoms with E-state index >= 15 is 0 Å². The molecule has 0 fully saturated rings. The minimum Gasteiger partial charge on any atom is -0.383 e. The van der Waals surface area contributed by atoms with Crippen LogP contribution in [-0.4, -0.2) is 11.7 Å². The van der Waals surface area contributed by atoms with Crippen LogP contribution in [0.3, 0.4) is 0 Å². The van der Waals surface area contributed by atoms with Gasteiger partial charge in [0.05, 0.1) is 0 Å². The fourth-order valence-electron chi connectivity index (χ4n) is 2.55. The maximum atomic E-state index is 8.08. The molecule has 0 aliphatic heterocycles. The van der Waals surface area contributed by atoms with Crippen LogP contribution in [-0.2, 0) is 0 Å². The van der Waals surface area contributed by atoms with E-state index in [1.54, 1.807) is 0 Å². The van der Waals surface area contributed by atoms with Crippen LogP contribution in [0.25, 0.3) is 10.8 Å². The Kier molecular flexibility index (Phi) is 3.71. The van der Waals surface area contributed by atoms with Gasteiger partial charge < -0.3 is 5.73 Å². The molecule has 0 bridgehead atoms. The third kappa shape index (κ3) is 2.61. The van der Waals surface area contributed by atoms with Crippen LogP contribution in [0, 0.1) is 12.3 Å². The van der Waals surface area contributed by atoms with Gasteiger partial charge in [-0.3, -0.25) is 5.41 Å². The van der Waals surface area contributed by atoms with Crippen LogP contribution in [0.15, 0.2) is 71.7 Å². The first kappa shape index (κ1) is 14.0. The second kappa shape index (κ2) is 5.82. The highest BCUT2D eigenvalue weighted by Gasteiger charge is 2.08. The Morgan fingerprint density at radius 2 is 1.59 bits per heavy atom. The molecule has 22 heavy (non-hydrogen) atoms. The molecule has 0 unspecified atom stereocenters. The van der Waals surface area contributed by atoms with Gasteiger partial charge in [-0.2, -0.15) is 0 Å². The number of fused-ring (bicyclic) bond motifs is 1. The highest BCUT2D eigenvalue weighted by molar-refractivity contribution is 6.11. The fourth-order valence-corrected chi connectivity index (χ4v) is 2.55. The smallest absolute Gasteiger partial charge is 0.154 e. The maximum Gasteiger partial charge on any atom is 0.154 e. The van der Waals surface area contributed by atoms with Crippen molar-refractivity contribution in [2.45, 2.75) is 6.92 Å². The van der Waals surface area contributed by atoms with Gasteiger partial charge >= 0.3 is 0 Å². The predicted molar refractivity (Wildman–Crippen MR) is 92.7 cm³/mol. The summed E-state index contributed by atoms with van der Waals surface area (Å²) < 4.78 is 0. The Morgan fingerprint density at radius 1 is 0.909 bits per heavy atom. The number of aliphatic imine (C=N–C) groups is 1. The van der Waals surface area contributed by atoms with Gasteiger partial charge in [-0.25, -0.2) is 4.99 Å². The number of amidine groups is 2. The molecule has 3 N–H and O–H groups in total. The molecule has 0 amide bonds. The Bertz CT molecular complexity index is 864. The summed E-state index contributed by atoms with van der Waals surface area (Å²) in [6, 6.07) is 21.6. The van der Waals surface area contributed by atoms with Gasteiger partial charge in [0.2, 0.25) is 0 Å². The molecular formula is C19H17N3. The Hall–Kier alpha value is -2.94. The molecule has 0 radical (unpaired) electrons. The minimum atomic E-state index is 0.172. The summed E-state index contributed by atoms with van der Waals surface area (Å²) in [5, 5.41) is 10.4. The zero-order chi connectivity index (χ0) is 15.5. The fraction of sp³-hybridized carbons (Fsp3) is 0.0526. The van der Waals surface area contributed by atoms with Crippen molar-refractivity contribution < 1.29 is 0 Å². The minimum absolute atomic E-state index is 0.172. The quantitative estimate of drug-likeness (QED) is 0.545. The standard InChI is InChI=1S/C19H17N3/c1-13-16-10-6-5-7-14(16)11-12-17(13)19(21)22-18(20)15-8-3-2-4-9-15/h2-12H,1H3,(H3,20,21,22). The van der Waals surface area contributed by atoms with E-state index in [4.69, 9.17) is 11.1 Å². The molecule has 0 aliphatic rings. The summed E-state index contributed by atoms with van der Waals surface area (Å²) in [6.45, 7) is 2.03. The molecular weight excluding hydrogens is 270 g/mol. The third-order valence-corrected chi connectivity index (χ3v) is 3.75. The molecule has 0 saturated carbocycles. The average Bonchev–Trinajstić information content (AvgIpc) is 2.56. The number of nitrogens with one attached hydrogen (secondary N) is 1. The highest BCUT2D eigenvalue weighted by atomic mass is 14.9. The van der Waals surface area contributed by atoms with Gasteiger partial charge in [0.25, 0.3) is 0 Å². The summed E-state index contributed by atoms with van der Waals surface area (Å²) in [7, 11) is 0. The zero-order valence-electron chi connectivity index (χ0n) is 12.4. The van der Waals surface area contributed by atoms with Crippen molar-refractivity contribution in [2.24, 2.45) is 10.7 Å². The second-order valence-electron chi connectivity index (χ2n) is 5.17. The van der Waals surface area contributed by atoms with Crippen molar-refractivity contribution in [1.82, 2.24) is 0 Å². The molecule has 3 heteroatoms. The average molecular weight is 287 g/mol. The van der Waals surface area contributed by atoms with E-state index in [2.05, 4.69) is 17.1 Å². The molecule has 0 aromatic heterocycles. The van der Waals surface area contributed by atoms with E-state index in [0.717, 1.165) is 22.1 Å². The molecule has 3 aromatic carbocycles. The lowest BCUT2D eigenvalue weighted by atomic mass is 9.99. The summed E-state index contributed by atoms with van der Waals surface area (Å²) >= 11 is 0. The van der Waals surface area contributed by atoms with E-state index in [1.807, 2.05) is 61.5 Å². The summed E-state index contributed by atoms with van der Waals surface area (Å²) in [4.78, 5) is 4.26. The number of hydrogen-bond donors (Lipinski definition) is 2. The Balaban J connectivity index is 2.02. The molecule has 108 valence electrons. The van der Waals surface area contributed by atoms with E-state index < -0.39 is 0 Å². The first-order valence-corrected chi connectivity index (χ1v) is 7.13. The molecule has 3 nitrogen and oxygen atoms in total. The molecule has 0 atom stereocenters. The molecule has 3 rings (SSSR count). The maximum absolute atomic E-state index is 8.08. The topological polar surface area (TPSA) is 62.2 Å². The van der Waals surface area contributed by atoms with Gasteiger partial charge in [-0.15, -0.1) is 0 Å². The molecule has 0 spiro atoms. The van der Waals surface area contributed by atoms with E-state index in [9.17, 15) is 0 Å². The van der Waals surface area contributed by atoms with Gasteiger partial charge in [-0.1, -0.05) is 66.7 Å². The number of hydrogen-bond acceptors (Lipinski definition) is 1. The van der Waals surface area contributed by atoms with Gasteiger partial charge in [0.15, 0.2) is 5.84 Å². The van der Waals surface area contributed by atoms with Crippen molar-refractivity contribution in [2.75, 3.05) is 0 Å². The van der Waals surface area contributed by atoms with Crippen LogP contribution in [0.1, 0.15) is 16.7 Å². The molecule has 0 aliphatic carbocycles. The number of aryl methyl sites for hydroxylation is 1. The normalized spacial score (nSPS) is 11.6. The third-order valence-electron chi connectivity index (χ3n) is 3.75. The molecule has 3 aromatic rings. The lowest BCUT2D eigenvalue weighted by Gasteiger charge is -2.09. The van der Waals surface area contributed by atoms with Crippen molar-refractivity contribution in [3.05, 3.63) is 83.4 Å². The van der Waals surface area contributed by atoms with Gasteiger partial charge in [-0.05, 0) is 23.3 Å². The van der Waals surface area contributed by atoms with Crippen molar-refractivity contribution in [3.8, 4) is 0 Å². The number of rotatable bonds is 2. The number of nitrogens with zero attached hydrogens (tertiary/aromatic N) is 1. The van der Waals surface area contributed by atoms with E-state index in [-0.39, 0.29) is 5.84 Å². The zero-order valence-corrected chi connectivity index (χ0v) is 12.4. The SMILES string of the molecule is Cc1c(/C(N)=N/C(=N)c2ccccc2)ccc2ccccc12. The Morgan fingerprint density at radius 3 is 2.36 bits per heavy atom. The Labute approximate surface area is 129 Å². The number of nitrogens with two attached hydrogens (primary N) is 1. The van der Waals surface area contributed by atoms with Gasteiger partial charge in [0, 0.05) is 11.1 Å². The van der Waals surface area contributed by atoms with E-state index in [0.29, 0.717) is 5.84 Å². The summed E-state index contributed by atoms with van der Waals surface area (Å²) in [5.74, 6) is 0.544. The highest BCUT2D eigenvalue weighted by Crippen LogP contribution is 2.21. The van der Waals surface area contributed by atoms with Crippen LogP contribution < -0.4 is 5.73 Å². The van der Waals surface area contributed by atoms with Gasteiger partial charge in [0.1, 0.15) is 5.84 Å². The van der Waals surface area contributed by atoms with Crippen LogP contribution in [0.2, 0.25) is 0 Å². The number of benzene rings is 3. The molecule has 0 saturated heterocycles. The van der Waals surface area contributed by atoms with Crippen molar-refractivity contribution in [3.63, 3.8) is 0 Å². The van der Waals surface area contributed by atoms with Crippen molar-refractivity contribution >= 4 is 22.4 Å². The van der Waals surface area contributed by atoms with Crippen LogP contribution in [0.4, 0.5) is 0 Å². The first-order chi connectivity index (χ1) is 10.7. The largest absolute Gasteiger partial charge is 0.383 e. The first-order valence-electron chi connectivity index (χ1n) is 7.13.